The number of rotatable bonds is 3. The van der Waals surface area contributed by atoms with E-state index in [1.807, 2.05) is 12.1 Å². The first-order valence-electron chi connectivity index (χ1n) is 4.07. The molecule has 1 unspecified atom stereocenters. The molecule has 0 aliphatic rings. The number of carbonyl (C=O) groups excluding carboxylic acids is 1. The topological polar surface area (TPSA) is 62.2 Å². The number of amides is 1. The van der Waals surface area contributed by atoms with Gasteiger partial charge in [-0.2, -0.15) is 0 Å². The van der Waals surface area contributed by atoms with Crippen LogP contribution in [0.25, 0.3) is 0 Å². The Kier molecular flexibility index (Phi) is 3.40. The van der Waals surface area contributed by atoms with Gasteiger partial charge in [0.2, 0.25) is 5.91 Å². The fraction of sp³-hybridized carbons (Fsp3) is 0.333. The molecule has 0 aromatic carbocycles. The van der Waals surface area contributed by atoms with Gasteiger partial charge in [0, 0.05) is 18.3 Å². The molecule has 1 aromatic rings. The van der Waals surface area contributed by atoms with Crippen LogP contribution in [-0.4, -0.2) is 16.1 Å². The van der Waals surface area contributed by atoms with Gasteiger partial charge in [-0.05, 0) is 18.1 Å². The molecule has 1 amide bonds. The van der Waals surface area contributed by atoms with Crippen LogP contribution in [0, 0.1) is 5.92 Å². The predicted octanol–water partition coefficient (Wildman–Crippen LogP) is 0.766. The van der Waals surface area contributed by atoms with E-state index in [1.165, 1.54) is 0 Å². The van der Waals surface area contributed by atoms with Crippen molar-refractivity contribution < 1.29 is 10.0 Å². The lowest BCUT2D eigenvalue weighted by atomic mass is 10.0. The summed E-state index contributed by atoms with van der Waals surface area (Å²) in [5, 5.41) is 8.37. The second kappa shape index (κ2) is 4.57. The van der Waals surface area contributed by atoms with Crippen molar-refractivity contribution in [2.75, 3.05) is 0 Å². The Morgan fingerprint density at radius 2 is 2.54 bits per heavy atom. The third kappa shape index (κ3) is 2.83. The van der Waals surface area contributed by atoms with Crippen molar-refractivity contribution in [2.24, 2.45) is 5.92 Å². The molecule has 13 heavy (non-hydrogen) atoms. The van der Waals surface area contributed by atoms with Gasteiger partial charge in [-0.1, -0.05) is 13.0 Å². The standard InChI is InChI=1S/C9H12N2O2/c1-7(9(12)11-13)5-8-3-2-4-10-6-8/h2-4,6-7,13H,5H2,1H3,(H,11,12). The summed E-state index contributed by atoms with van der Waals surface area (Å²) in [5.41, 5.74) is 2.61. The second-order valence-electron chi connectivity index (χ2n) is 2.94. The number of nitrogens with zero attached hydrogens (tertiary/aromatic N) is 1. The molecule has 0 fully saturated rings. The fourth-order valence-electron chi connectivity index (χ4n) is 1.08. The van der Waals surface area contributed by atoms with E-state index in [2.05, 4.69) is 4.98 Å². The van der Waals surface area contributed by atoms with Gasteiger partial charge in [-0.25, -0.2) is 5.48 Å². The summed E-state index contributed by atoms with van der Waals surface area (Å²) in [6, 6.07) is 3.72. The third-order valence-electron chi connectivity index (χ3n) is 1.82. The Balaban J connectivity index is 2.55. The minimum atomic E-state index is -0.371. The molecule has 2 N–H and O–H groups in total. The van der Waals surface area contributed by atoms with Gasteiger partial charge >= 0.3 is 0 Å². The highest BCUT2D eigenvalue weighted by Gasteiger charge is 2.11. The lowest BCUT2D eigenvalue weighted by molar-refractivity contribution is -0.132. The zero-order chi connectivity index (χ0) is 9.68. The summed E-state index contributed by atoms with van der Waals surface area (Å²) in [4.78, 5) is 14.9. The van der Waals surface area contributed by atoms with Crippen molar-refractivity contribution >= 4 is 5.91 Å². The number of aromatic nitrogens is 1. The van der Waals surface area contributed by atoms with Crippen molar-refractivity contribution in [1.82, 2.24) is 10.5 Å². The van der Waals surface area contributed by atoms with Crippen molar-refractivity contribution in [2.45, 2.75) is 13.3 Å². The average Bonchev–Trinajstić information content (AvgIpc) is 2.18. The van der Waals surface area contributed by atoms with Gasteiger partial charge in [0.1, 0.15) is 0 Å². The van der Waals surface area contributed by atoms with Crippen molar-refractivity contribution in [3.05, 3.63) is 30.1 Å². The van der Waals surface area contributed by atoms with Crippen LogP contribution in [0.2, 0.25) is 0 Å². The quantitative estimate of drug-likeness (QED) is 0.533. The molecular weight excluding hydrogens is 168 g/mol. The summed E-state index contributed by atoms with van der Waals surface area (Å²) >= 11 is 0. The van der Waals surface area contributed by atoms with Gasteiger partial charge in [-0.3, -0.25) is 15.0 Å². The molecule has 1 aromatic heterocycles. The van der Waals surface area contributed by atoms with Gasteiger partial charge in [-0.15, -0.1) is 0 Å². The fourth-order valence-corrected chi connectivity index (χ4v) is 1.08. The number of pyridine rings is 1. The maximum absolute atomic E-state index is 10.9. The molecule has 1 atom stereocenters. The minimum absolute atomic E-state index is 0.241. The summed E-state index contributed by atoms with van der Waals surface area (Å²) in [5.74, 6) is -0.613. The third-order valence-corrected chi connectivity index (χ3v) is 1.82. The van der Waals surface area contributed by atoms with E-state index in [1.54, 1.807) is 24.8 Å². The maximum Gasteiger partial charge on any atom is 0.246 e. The van der Waals surface area contributed by atoms with Crippen molar-refractivity contribution in [3.8, 4) is 0 Å². The van der Waals surface area contributed by atoms with Crippen LogP contribution in [0.3, 0.4) is 0 Å². The second-order valence-corrected chi connectivity index (χ2v) is 2.94. The monoisotopic (exact) mass is 180 g/mol. The SMILES string of the molecule is CC(Cc1cccnc1)C(=O)NO. The molecule has 0 aliphatic heterocycles. The molecule has 0 saturated carbocycles. The molecule has 1 heterocycles. The smallest absolute Gasteiger partial charge is 0.246 e. The highest BCUT2D eigenvalue weighted by Crippen LogP contribution is 2.06. The van der Waals surface area contributed by atoms with Gasteiger partial charge < -0.3 is 0 Å². The summed E-state index contributed by atoms with van der Waals surface area (Å²) in [6.07, 6.45) is 3.97. The van der Waals surface area contributed by atoms with E-state index in [9.17, 15) is 4.79 Å². The highest BCUT2D eigenvalue weighted by molar-refractivity contribution is 5.77. The zero-order valence-corrected chi connectivity index (χ0v) is 7.40. The van der Waals surface area contributed by atoms with Crippen LogP contribution < -0.4 is 5.48 Å². The molecule has 1 rings (SSSR count). The Morgan fingerprint density at radius 1 is 1.77 bits per heavy atom. The van der Waals surface area contributed by atoms with Gasteiger partial charge in [0.05, 0.1) is 0 Å². The molecule has 0 spiro atoms. The van der Waals surface area contributed by atoms with E-state index in [0.717, 1.165) is 5.56 Å². The molecule has 4 heteroatoms. The number of hydroxylamine groups is 1. The van der Waals surface area contributed by atoms with E-state index in [-0.39, 0.29) is 11.8 Å². The van der Waals surface area contributed by atoms with Crippen LogP contribution >= 0.6 is 0 Å². The Hall–Kier alpha value is -1.42. The summed E-state index contributed by atoms with van der Waals surface area (Å²) < 4.78 is 0. The van der Waals surface area contributed by atoms with Crippen LogP contribution in [0.5, 0.6) is 0 Å². The summed E-state index contributed by atoms with van der Waals surface area (Å²) in [6.45, 7) is 1.75. The largest absolute Gasteiger partial charge is 0.289 e. The highest BCUT2D eigenvalue weighted by atomic mass is 16.5. The van der Waals surface area contributed by atoms with E-state index >= 15 is 0 Å². The maximum atomic E-state index is 10.9. The molecule has 0 aliphatic carbocycles. The number of hydrogen-bond donors (Lipinski definition) is 2. The van der Waals surface area contributed by atoms with Crippen molar-refractivity contribution in [3.63, 3.8) is 0 Å². The van der Waals surface area contributed by atoms with Gasteiger partial charge in [0.15, 0.2) is 0 Å². The lowest BCUT2D eigenvalue weighted by Crippen LogP contribution is -2.27. The first-order valence-corrected chi connectivity index (χ1v) is 4.07. The molecule has 4 nitrogen and oxygen atoms in total. The number of nitrogens with one attached hydrogen (secondary N) is 1. The number of carbonyl (C=O) groups is 1. The first kappa shape index (κ1) is 9.67. The normalized spacial score (nSPS) is 12.2. The Labute approximate surface area is 76.6 Å². The van der Waals surface area contributed by atoms with E-state index < -0.39 is 0 Å². The van der Waals surface area contributed by atoms with E-state index in [4.69, 9.17) is 5.21 Å². The molecule has 70 valence electrons. The molecule has 0 bridgehead atoms. The minimum Gasteiger partial charge on any atom is -0.289 e. The zero-order valence-electron chi connectivity index (χ0n) is 7.40. The predicted molar refractivity (Wildman–Crippen MR) is 47.0 cm³/mol. The Bertz CT molecular complexity index is 274. The van der Waals surface area contributed by atoms with E-state index in [0.29, 0.717) is 6.42 Å². The van der Waals surface area contributed by atoms with Crippen molar-refractivity contribution in [1.29, 1.82) is 0 Å². The lowest BCUT2D eigenvalue weighted by Gasteiger charge is -2.07. The first-order chi connectivity index (χ1) is 6.24. The van der Waals surface area contributed by atoms with Gasteiger partial charge in [0.25, 0.3) is 0 Å². The number of hydrogen-bond acceptors (Lipinski definition) is 3. The Morgan fingerprint density at radius 3 is 3.08 bits per heavy atom. The molecule has 0 radical (unpaired) electrons. The van der Waals surface area contributed by atoms with Crippen LogP contribution in [-0.2, 0) is 11.2 Å². The van der Waals surface area contributed by atoms with Crippen LogP contribution in [0.15, 0.2) is 24.5 Å². The molecular formula is C9H12N2O2. The summed E-state index contributed by atoms with van der Waals surface area (Å²) in [7, 11) is 0. The van der Waals surface area contributed by atoms with Crippen LogP contribution in [0.4, 0.5) is 0 Å². The van der Waals surface area contributed by atoms with Crippen LogP contribution in [0.1, 0.15) is 12.5 Å². The molecule has 0 saturated heterocycles. The average molecular weight is 180 g/mol.